The van der Waals surface area contributed by atoms with Crippen LogP contribution >= 0.6 is 0 Å². The molecule has 0 aromatic heterocycles. The fourth-order valence-electron chi connectivity index (χ4n) is 4.26. The molecule has 2 aliphatic rings. The van der Waals surface area contributed by atoms with Crippen LogP contribution in [-0.4, -0.2) is 61.4 Å². The van der Waals surface area contributed by atoms with Gasteiger partial charge in [0.05, 0.1) is 5.92 Å². The van der Waals surface area contributed by atoms with Gasteiger partial charge in [-0.3, -0.25) is 14.5 Å². The number of hydrogen-bond acceptors (Lipinski definition) is 4. The first-order chi connectivity index (χ1) is 15.4. The van der Waals surface area contributed by atoms with E-state index in [1.165, 1.54) is 10.5 Å². The summed E-state index contributed by atoms with van der Waals surface area (Å²) < 4.78 is 27.0. The van der Waals surface area contributed by atoms with Crippen molar-refractivity contribution in [2.75, 3.05) is 44.7 Å². The summed E-state index contributed by atoms with van der Waals surface area (Å²) in [4.78, 5) is 31.0. The van der Waals surface area contributed by atoms with E-state index >= 15 is 0 Å². The molecule has 4 rings (SSSR count). The van der Waals surface area contributed by atoms with Crippen LogP contribution in [0.5, 0.6) is 0 Å². The van der Waals surface area contributed by atoms with Crippen molar-refractivity contribution in [3.63, 3.8) is 0 Å². The molecule has 2 aliphatic heterocycles. The molecule has 1 atom stereocenters. The molecule has 0 radical (unpaired) electrons. The van der Waals surface area contributed by atoms with Crippen molar-refractivity contribution in [3.05, 3.63) is 65.2 Å². The lowest BCUT2D eigenvalue weighted by Crippen LogP contribution is -2.43. The predicted molar refractivity (Wildman–Crippen MR) is 118 cm³/mol. The molecule has 8 heteroatoms. The van der Waals surface area contributed by atoms with Gasteiger partial charge in [-0.25, -0.2) is 8.78 Å². The predicted octanol–water partition coefficient (Wildman–Crippen LogP) is 2.38. The number of piperazine rings is 1. The van der Waals surface area contributed by atoms with Crippen molar-refractivity contribution in [2.45, 2.75) is 19.5 Å². The summed E-state index contributed by atoms with van der Waals surface area (Å²) >= 11 is 0. The quantitative estimate of drug-likeness (QED) is 0.747. The topological polar surface area (TPSA) is 55.9 Å². The molecular formula is C24H28F2N4O2. The number of carbonyl (C=O) groups is 2. The molecule has 0 spiro atoms. The Labute approximate surface area is 186 Å². The van der Waals surface area contributed by atoms with Crippen LogP contribution in [0.25, 0.3) is 0 Å². The standard InChI is InChI=1S/C24H28F2N4O2/c1-28-5-7-29(8-6-28)15-18-4-2-3-17(9-18)14-27-24(32)19-10-23(31)30(16-19)22-12-20(25)11-21(26)13-22/h2-4,9,11-13,19H,5-8,10,14-16H2,1H3,(H,27,32). The van der Waals surface area contributed by atoms with Crippen LogP contribution in [0.1, 0.15) is 17.5 Å². The molecule has 2 saturated heterocycles. The third-order valence-electron chi connectivity index (χ3n) is 6.12. The molecular weight excluding hydrogens is 414 g/mol. The number of anilines is 1. The molecule has 2 amide bonds. The zero-order chi connectivity index (χ0) is 22.7. The summed E-state index contributed by atoms with van der Waals surface area (Å²) in [6.45, 7) is 5.57. The maximum atomic E-state index is 13.5. The number of carbonyl (C=O) groups excluding carboxylic acids is 2. The van der Waals surface area contributed by atoms with E-state index in [4.69, 9.17) is 0 Å². The Kier molecular flexibility index (Phi) is 6.81. The number of halogens is 2. The third-order valence-corrected chi connectivity index (χ3v) is 6.12. The Bertz CT molecular complexity index is 971. The number of amides is 2. The lowest BCUT2D eigenvalue weighted by Gasteiger charge is -2.32. The van der Waals surface area contributed by atoms with Gasteiger partial charge in [0.25, 0.3) is 0 Å². The van der Waals surface area contributed by atoms with Crippen LogP contribution in [0.4, 0.5) is 14.5 Å². The minimum atomic E-state index is -0.753. The molecule has 170 valence electrons. The Balaban J connectivity index is 1.31. The Morgan fingerprint density at radius 3 is 2.44 bits per heavy atom. The molecule has 1 unspecified atom stereocenters. The van der Waals surface area contributed by atoms with Gasteiger partial charge in [-0.1, -0.05) is 24.3 Å². The molecule has 0 bridgehead atoms. The number of hydrogen-bond donors (Lipinski definition) is 1. The van der Waals surface area contributed by atoms with E-state index in [1.54, 1.807) is 0 Å². The minimum absolute atomic E-state index is 0.0212. The van der Waals surface area contributed by atoms with Gasteiger partial charge in [-0.2, -0.15) is 0 Å². The van der Waals surface area contributed by atoms with Gasteiger partial charge < -0.3 is 15.1 Å². The Hall–Kier alpha value is -2.84. The smallest absolute Gasteiger partial charge is 0.227 e. The SMILES string of the molecule is CN1CCN(Cc2cccc(CNC(=O)C3CC(=O)N(c4cc(F)cc(F)c4)C3)c2)CC1. The molecule has 6 nitrogen and oxygen atoms in total. The van der Waals surface area contributed by atoms with E-state index in [2.05, 4.69) is 34.3 Å². The molecule has 2 aromatic rings. The van der Waals surface area contributed by atoms with Crippen LogP contribution in [0.3, 0.4) is 0 Å². The second-order valence-electron chi connectivity index (χ2n) is 8.65. The van der Waals surface area contributed by atoms with E-state index in [0.717, 1.165) is 56.5 Å². The zero-order valence-electron chi connectivity index (χ0n) is 18.2. The molecule has 2 heterocycles. The normalized spacial score (nSPS) is 20.0. The van der Waals surface area contributed by atoms with E-state index in [-0.39, 0.29) is 30.5 Å². The average Bonchev–Trinajstić information content (AvgIpc) is 3.15. The van der Waals surface area contributed by atoms with Crippen molar-refractivity contribution in [1.29, 1.82) is 0 Å². The second kappa shape index (κ2) is 9.75. The van der Waals surface area contributed by atoms with Crippen LogP contribution in [0.15, 0.2) is 42.5 Å². The summed E-state index contributed by atoms with van der Waals surface area (Å²) in [6.07, 6.45) is 0.0212. The molecule has 2 fully saturated rings. The van der Waals surface area contributed by atoms with Gasteiger partial charge in [-0.05, 0) is 30.3 Å². The molecule has 0 aliphatic carbocycles. The lowest BCUT2D eigenvalue weighted by atomic mass is 10.1. The van der Waals surface area contributed by atoms with Gasteiger partial charge in [0, 0.05) is 64.0 Å². The third kappa shape index (κ3) is 5.49. The van der Waals surface area contributed by atoms with E-state index in [0.29, 0.717) is 6.54 Å². The largest absolute Gasteiger partial charge is 0.352 e. The highest BCUT2D eigenvalue weighted by atomic mass is 19.1. The first-order valence-electron chi connectivity index (χ1n) is 10.9. The summed E-state index contributed by atoms with van der Waals surface area (Å²) in [5.74, 6) is -2.61. The number of rotatable bonds is 6. The maximum Gasteiger partial charge on any atom is 0.227 e. The Morgan fingerprint density at radius 1 is 1.03 bits per heavy atom. The molecule has 2 aromatic carbocycles. The fraction of sp³-hybridized carbons (Fsp3) is 0.417. The Morgan fingerprint density at radius 2 is 1.72 bits per heavy atom. The van der Waals surface area contributed by atoms with Crippen LogP contribution < -0.4 is 10.2 Å². The first kappa shape index (κ1) is 22.4. The average molecular weight is 443 g/mol. The highest BCUT2D eigenvalue weighted by Crippen LogP contribution is 2.26. The van der Waals surface area contributed by atoms with E-state index in [1.807, 2.05) is 12.1 Å². The zero-order valence-corrected chi connectivity index (χ0v) is 18.2. The number of likely N-dealkylation sites (N-methyl/N-ethyl adjacent to an activating group) is 1. The highest BCUT2D eigenvalue weighted by molar-refractivity contribution is 6.00. The van der Waals surface area contributed by atoms with Crippen LogP contribution in [0.2, 0.25) is 0 Å². The summed E-state index contributed by atoms with van der Waals surface area (Å²) in [5.41, 5.74) is 2.34. The van der Waals surface area contributed by atoms with E-state index < -0.39 is 17.6 Å². The molecule has 32 heavy (non-hydrogen) atoms. The lowest BCUT2D eigenvalue weighted by molar-refractivity contribution is -0.126. The minimum Gasteiger partial charge on any atom is -0.352 e. The summed E-state index contributed by atoms with van der Waals surface area (Å²) in [5, 5.41) is 2.91. The van der Waals surface area contributed by atoms with Gasteiger partial charge in [0.1, 0.15) is 11.6 Å². The van der Waals surface area contributed by atoms with Crippen molar-refractivity contribution < 1.29 is 18.4 Å². The van der Waals surface area contributed by atoms with Crippen molar-refractivity contribution in [3.8, 4) is 0 Å². The molecule has 0 saturated carbocycles. The van der Waals surface area contributed by atoms with Crippen molar-refractivity contribution in [2.24, 2.45) is 5.92 Å². The number of benzene rings is 2. The first-order valence-corrected chi connectivity index (χ1v) is 10.9. The van der Waals surface area contributed by atoms with Gasteiger partial charge >= 0.3 is 0 Å². The van der Waals surface area contributed by atoms with Gasteiger partial charge in [0.2, 0.25) is 11.8 Å². The van der Waals surface area contributed by atoms with Gasteiger partial charge in [-0.15, -0.1) is 0 Å². The van der Waals surface area contributed by atoms with Crippen LogP contribution in [-0.2, 0) is 22.7 Å². The second-order valence-corrected chi connectivity index (χ2v) is 8.65. The van der Waals surface area contributed by atoms with Crippen molar-refractivity contribution in [1.82, 2.24) is 15.1 Å². The molecule has 1 N–H and O–H groups in total. The number of nitrogens with zero attached hydrogens (tertiary/aromatic N) is 3. The number of nitrogens with one attached hydrogen (secondary N) is 1. The van der Waals surface area contributed by atoms with Crippen molar-refractivity contribution >= 4 is 17.5 Å². The fourth-order valence-corrected chi connectivity index (χ4v) is 4.26. The summed E-state index contributed by atoms with van der Waals surface area (Å²) in [6, 6.07) is 11.1. The van der Waals surface area contributed by atoms with Crippen LogP contribution in [0, 0.1) is 17.6 Å². The van der Waals surface area contributed by atoms with E-state index in [9.17, 15) is 18.4 Å². The highest BCUT2D eigenvalue weighted by Gasteiger charge is 2.35. The van der Waals surface area contributed by atoms with Gasteiger partial charge in [0.15, 0.2) is 0 Å². The monoisotopic (exact) mass is 442 g/mol. The maximum absolute atomic E-state index is 13.5. The summed E-state index contributed by atoms with van der Waals surface area (Å²) in [7, 11) is 2.13.